The predicted molar refractivity (Wildman–Crippen MR) is 83.6 cm³/mol. The number of hydrogen-bond donors (Lipinski definition) is 1. The second-order valence-electron chi connectivity index (χ2n) is 7.95. The maximum absolute atomic E-state index is 6.72. The molecule has 0 amide bonds. The molecule has 0 aromatic heterocycles. The molecule has 20 heavy (non-hydrogen) atoms. The van der Waals surface area contributed by atoms with Crippen molar-refractivity contribution in [2.24, 2.45) is 23.5 Å². The highest BCUT2D eigenvalue weighted by Gasteiger charge is 2.41. The molecular formula is C18H33NO. The first-order chi connectivity index (χ1) is 9.69. The van der Waals surface area contributed by atoms with Crippen LogP contribution in [0.15, 0.2) is 0 Å². The fourth-order valence-electron chi connectivity index (χ4n) is 5.15. The van der Waals surface area contributed by atoms with Crippen LogP contribution in [0.2, 0.25) is 0 Å². The smallest absolute Gasteiger partial charge is 0.0685 e. The van der Waals surface area contributed by atoms with Crippen molar-refractivity contribution in [3.05, 3.63) is 0 Å². The Morgan fingerprint density at radius 1 is 1.00 bits per heavy atom. The zero-order valence-electron chi connectivity index (χ0n) is 13.3. The summed E-state index contributed by atoms with van der Waals surface area (Å²) < 4.78 is 6.24. The number of rotatable bonds is 2. The van der Waals surface area contributed by atoms with E-state index in [1.54, 1.807) is 0 Å². The van der Waals surface area contributed by atoms with Gasteiger partial charge in [-0.25, -0.2) is 0 Å². The van der Waals surface area contributed by atoms with Crippen molar-refractivity contribution in [1.82, 2.24) is 0 Å². The van der Waals surface area contributed by atoms with Crippen molar-refractivity contribution in [3.63, 3.8) is 0 Å². The molecule has 4 unspecified atom stereocenters. The molecule has 3 rings (SSSR count). The zero-order valence-corrected chi connectivity index (χ0v) is 13.3. The summed E-state index contributed by atoms with van der Waals surface area (Å²) in [5.74, 6) is 2.39. The van der Waals surface area contributed by atoms with Crippen molar-refractivity contribution >= 4 is 0 Å². The third-order valence-electron chi connectivity index (χ3n) is 6.36. The highest BCUT2D eigenvalue weighted by Crippen LogP contribution is 2.43. The molecule has 1 aliphatic heterocycles. The van der Waals surface area contributed by atoms with Gasteiger partial charge < -0.3 is 10.5 Å². The number of hydrogen-bond acceptors (Lipinski definition) is 2. The van der Waals surface area contributed by atoms with Gasteiger partial charge in [-0.2, -0.15) is 0 Å². The van der Waals surface area contributed by atoms with Gasteiger partial charge in [0.2, 0.25) is 0 Å². The summed E-state index contributed by atoms with van der Waals surface area (Å²) in [4.78, 5) is 0. The molecule has 2 nitrogen and oxygen atoms in total. The molecule has 1 saturated heterocycles. The lowest BCUT2D eigenvalue weighted by molar-refractivity contribution is -0.123. The Hall–Kier alpha value is -0.0800. The fraction of sp³-hybridized carbons (Fsp3) is 1.00. The maximum atomic E-state index is 6.72. The zero-order chi connectivity index (χ0) is 14.0. The van der Waals surface area contributed by atoms with Gasteiger partial charge in [-0.3, -0.25) is 0 Å². The van der Waals surface area contributed by atoms with Gasteiger partial charge in [-0.05, 0) is 56.3 Å². The minimum Gasteiger partial charge on any atom is -0.375 e. The normalized spacial score (nSPS) is 39.6. The summed E-state index contributed by atoms with van der Waals surface area (Å²) in [6.07, 6.45) is 14.7. The molecular weight excluding hydrogens is 246 g/mol. The molecule has 4 atom stereocenters. The number of ether oxygens (including phenoxy) is 1. The Bertz CT molecular complexity index is 305. The van der Waals surface area contributed by atoms with Gasteiger partial charge in [0.05, 0.1) is 5.60 Å². The van der Waals surface area contributed by atoms with Crippen molar-refractivity contribution in [2.75, 3.05) is 6.61 Å². The molecule has 116 valence electrons. The van der Waals surface area contributed by atoms with Crippen molar-refractivity contribution in [1.29, 1.82) is 0 Å². The van der Waals surface area contributed by atoms with Crippen molar-refractivity contribution in [2.45, 2.75) is 89.2 Å². The van der Waals surface area contributed by atoms with Crippen LogP contribution in [0, 0.1) is 17.8 Å². The van der Waals surface area contributed by atoms with E-state index in [9.17, 15) is 0 Å². The highest BCUT2D eigenvalue weighted by atomic mass is 16.5. The van der Waals surface area contributed by atoms with Crippen LogP contribution >= 0.6 is 0 Å². The van der Waals surface area contributed by atoms with Crippen LogP contribution in [0.4, 0.5) is 0 Å². The molecule has 3 aliphatic rings. The van der Waals surface area contributed by atoms with Gasteiger partial charge in [0.1, 0.15) is 0 Å². The van der Waals surface area contributed by atoms with E-state index in [4.69, 9.17) is 10.5 Å². The lowest BCUT2D eigenvalue weighted by Crippen LogP contribution is -2.49. The summed E-state index contributed by atoms with van der Waals surface area (Å²) in [6, 6.07) is 0.431. The lowest BCUT2D eigenvalue weighted by Gasteiger charge is -2.46. The van der Waals surface area contributed by atoms with E-state index in [0.29, 0.717) is 6.04 Å². The van der Waals surface area contributed by atoms with E-state index < -0.39 is 0 Å². The maximum Gasteiger partial charge on any atom is 0.0685 e. The fourth-order valence-corrected chi connectivity index (χ4v) is 5.15. The van der Waals surface area contributed by atoms with Crippen molar-refractivity contribution < 1.29 is 4.74 Å². The van der Waals surface area contributed by atoms with Gasteiger partial charge in [0.25, 0.3) is 0 Å². The Kier molecular flexibility index (Phi) is 4.72. The third-order valence-corrected chi connectivity index (χ3v) is 6.36. The molecule has 1 heterocycles. The molecule has 0 bridgehead atoms. The Balaban J connectivity index is 1.60. The Morgan fingerprint density at radius 2 is 1.80 bits per heavy atom. The average molecular weight is 279 g/mol. The van der Waals surface area contributed by atoms with Crippen molar-refractivity contribution in [3.8, 4) is 0 Å². The van der Waals surface area contributed by atoms with Gasteiger partial charge in [0.15, 0.2) is 0 Å². The molecule has 2 saturated carbocycles. The summed E-state index contributed by atoms with van der Waals surface area (Å²) in [5, 5.41) is 0. The number of nitrogens with two attached hydrogens (primary N) is 1. The topological polar surface area (TPSA) is 35.2 Å². The van der Waals surface area contributed by atoms with E-state index in [1.165, 1.54) is 70.6 Å². The quantitative estimate of drug-likeness (QED) is 0.819. The summed E-state index contributed by atoms with van der Waals surface area (Å²) >= 11 is 0. The molecule has 2 heteroatoms. The minimum absolute atomic E-state index is 0.221. The highest BCUT2D eigenvalue weighted by molar-refractivity contribution is 4.94. The second kappa shape index (κ2) is 6.36. The van der Waals surface area contributed by atoms with E-state index in [-0.39, 0.29) is 5.60 Å². The minimum atomic E-state index is 0.221. The van der Waals surface area contributed by atoms with Gasteiger partial charge >= 0.3 is 0 Å². The summed E-state index contributed by atoms with van der Waals surface area (Å²) in [7, 11) is 0. The van der Waals surface area contributed by atoms with Crippen LogP contribution in [0.1, 0.15) is 77.6 Å². The molecule has 2 N–H and O–H groups in total. The third kappa shape index (κ3) is 3.22. The van der Waals surface area contributed by atoms with Gasteiger partial charge in [-0.15, -0.1) is 0 Å². The van der Waals surface area contributed by atoms with Gasteiger partial charge in [0, 0.05) is 12.6 Å². The molecule has 0 radical (unpaired) electrons. The SMILES string of the molecule is CC1CCCC(C(N)C2CCOC3(CCCCC3)C2)C1. The van der Waals surface area contributed by atoms with E-state index in [0.717, 1.165) is 24.4 Å². The molecule has 1 spiro atoms. The second-order valence-corrected chi connectivity index (χ2v) is 7.95. The molecule has 0 aromatic rings. The lowest BCUT2D eigenvalue weighted by atomic mass is 9.69. The first-order valence-electron chi connectivity index (χ1n) is 9.08. The van der Waals surface area contributed by atoms with Crippen LogP contribution in [-0.4, -0.2) is 18.2 Å². The first kappa shape index (κ1) is 14.8. The predicted octanol–water partition coefficient (Wildman–Crippen LogP) is 4.27. The monoisotopic (exact) mass is 279 g/mol. The first-order valence-corrected chi connectivity index (χ1v) is 9.08. The Morgan fingerprint density at radius 3 is 2.55 bits per heavy atom. The van der Waals surface area contributed by atoms with Crippen LogP contribution in [0.25, 0.3) is 0 Å². The van der Waals surface area contributed by atoms with Crippen LogP contribution in [0.3, 0.4) is 0 Å². The Labute approximate surface area is 124 Å². The van der Waals surface area contributed by atoms with E-state index in [1.807, 2.05) is 0 Å². The van der Waals surface area contributed by atoms with Crippen LogP contribution < -0.4 is 5.73 Å². The molecule has 3 fully saturated rings. The van der Waals surface area contributed by atoms with Crippen LogP contribution in [0.5, 0.6) is 0 Å². The summed E-state index contributed by atoms with van der Waals surface area (Å²) in [5.41, 5.74) is 6.94. The van der Waals surface area contributed by atoms with Crippen LogP contribution in [-0.2, 0) is 4.74 Å². The summed E-state index contributed by atoms with van der Waals surface area (Å²) in [6.45, 7) is 3.37. The largest absolute Gasteiger partial charge is 0.375 e. The van der Waals surface area contributed by atoms with Gasteiger partial charge in [-0.1, -0.05) is 39.0 Å². The van der Waals surface area contributed by atoms with E-state index >= 15 is 0 Å². The molecule has 2 aliphatic carbocycles. The standard InChI is InChI=1S/C18H33NO/c1-14-6-5-7-15(12-14)17(19)16-8-11-20-18(13-16)9-3-2-4-10-18/h14-17H,2-13,19H2,1H3. The average Bonchev–Trinajstić information content (AvgIpc) is 2.47. The van der Waals surface area contributed by atoms with E-state index in [2.05, 4.69) is 6.92 Å². The molecule has 0 aromatic carbocycles.